The van der Waals surface area contributed by atoms with Crippen molar-refractivity contribution in [3.05, 3.63) is 4.88 Å². The van der Waals surface area contributed by atoms with Crippen LogP contribution in [-0.4, -0.2) is 23.0 Å². The molecule has 1 aliphatic rings. The molecule has 0 aliphatic heterocycles. The fourth-order valence-corrected chi connectivity index (χ4v) is 2.86. The van der Waals surface area contributed by atoms with Crippen LogP contribution in [0.4, 0.5) is 10.9 Å². The number of aromatic nitrogens is 1. The van der Waals surface area contributed by atoms with E-state index in [0.717, 1.165) is 13.0 Å². The monoisotopic (exact) mass is 282 g/mol. The van der Waals surface area contributed by atoms with Gasteiger partial charge in [0.15, 0.2) is 5.13 Å². The highest BCUT2D eigenvalue weighted by molar-refractivity contribution is 7.18. The van der Waals surface area contributed by atoms with Gasteiger partial charge in [-0.15, -0.1) is 0 Å². The number of carbonyl (C=O) groups excluding carboxylic acids is 1. The predicted octanol–water partition coefficient (Wildman–Crippen LogP) is 2.47. The summed E-state index contributed by atoms with van der Waals surface area (Å²) in [5.74, 6) is 0.785. The number of nitrogens with two attached hydrogens (primary N) is 1. The highest BCUT2D eigenvalue weighted by Gasteiger charge is 2.39. The van der Waals surface area contributed by atoms with Crippen molar-refractivity contribution in [2.75, 3.05) is 17.6 Å². The van der Waals surface area contributed by atoms with E-state index < -0.39 is 0 Å². The molecule has 106 valence electrons. The number of hydrogen-bond acceptors (Lipinski definition) is 5. The standard InChI is InChI=1S/C13H22N4OS/c1-4-7-15-12-16-10(14)9(19-12)11(18)17-13(2,3)8-5-6-8/h8H,4-7,14H2,1-3H3,(H,15,16)(H,17,18). The lowest BCUT2D eigenvalue weighted by atomic mass is 9.99. The zero-order valence-corrected chi connectivity index (χ0v) is 12.6. The Morgan fingerprint density at radius 3 is 2.79 bits per heavy atom. The van der Waals surface area contributed by atoms with E-state index >= 15 is 0 Å². The van der Waals surface area contributed by atoms with Crippen molar-refractivity contribution < 1.29 is 4.79 Å². The Kier molecular flexibility index (Phi) is 3.99. The topological polar surface area (TPSA) is 80.0 Å². The van der Waals surface area contributed by atoms with Crippen molar-refractivity contribution in [3.8, 4) is 0 Å². The molecule has 0 radical (unpaired) electrons. The molecule has 19 heavy (non-hydrogen) atoms. The number of rotatable bonds is 6. The van der Waals surface area contributed by atoms with Gasteiger partial charge in [-0.2, -0.15) is 0 Å². The van der Waals surface area contributed by atoms with E-state index in [1.807, 2.05) is 0 Å². The highest BCUT2D eigenvalue weighted by Crippen LogP contribution is 2.39. The first kappa shape index (κ1) is 14.1. The van der Waals surface area contributed by atoms with Crippen LogP contribution in [0.2, 0.25) is 0 Å². The number of nitrogen functional groups attached to an aromatic ring is 1. The fraction of sp³-hybridized carbons (Fsp3) is 0.692. The first-order valence-electron chi connectivity index (χ1n) is 6.76. The van der Waals surface area contributed by atoms with E-state index in [1.54, 1.807) is 0 Å². The second-order valence-corrected chi connectivity index (χ2v) is 6.61. The molecule has 2 rings (SSSR count). The summed E-state index contributed by atoms with van der Waals surface area (Å²) < 4.78 is 0. The van der Waals surface area contributed by atoms with Crippen LogP contribution in [0.5, 0.6) is 0 Å². The molecule has 0 unspecified atom stereocenters. The molecule has 0 spiro atoms. The predicted molar refractivity (Wildman–Crippen MR) is 79.6 cm³/mol. The average Bonchev–Trinajstić information content (AvgIpc) is 3.11. The maximum atomic E-state index is 12.3. The summed E-state index contributed by atoms with van der Waals surface area (Å²) in [7, 11) is 0. The molecule has 1 aliphatic carbocycles. The third-order valence-corrected chi connectivity index (χ3v) is 4.45. The third-order valence-electron chi connectivity index (χ3n) is 3.42. The molecular weight excluding hydrogens is 260 g/mol. The van der Waals surface area contributed by atoms with Gasteiger partial charge in [-0.1, -0.05) is 18.3 Å². The molecule has 5 nitrogen and oxygen atoms in total. The summed E-state index contributed by atoms with van der Waals surface area (Å²) in [6, 6.07) is 0. The average molecular weight is 282 g/mol. The van der Waals surface area contributed by atoms with E-state index in [2.05, 4.69) is 36.4 Å². The molecule has 1 aromatic heterocycles. The number of amides is 1. The van der Waals surface area contributed by atoms with Gasteiger partial charge in [-0.05, 0) is 39.0 Å². The van der Waals surface area contributed by atoms with Crippen molar-refractivity contribution in [1.82, 2.24) is 10.3 Å². The largest absolute Gasteiger partial charge is 0.382 e. The zero-order valence-electron chi connectivity index (χ0n) is 11.7. The molecule has 0 atom stereocenters. The van der Waals surface area contributed by atoms with Crippen molar-refractivity contribution in [2.24, 2.45) is 5.92 Å². The summed E-state index contributed by atoms with van der Waals surface area (Å²) in [5.41, 5.74) is 5.66. The van der Waals surface area contributed by atoms with Crippen LogP contribution in [0.15, 0.2) is 0 Å². The Labute approximate surface area is 118 Å². The van der Waals surface area contributed by atoms with E-state index in [4.69, 9.17) is 5.73 Å². The number of hydrogen-bond donors (Lipinski definition) is 3. The molecule has 6 heteroatoms. The Morgan fingerprint density at radius 2 is 2.21 bits per heavy atom. The minimum atomic E-state index is -0.162. The van der Waals surface area contributed by atoms with E-state index in [1.165, 1.54) is 24.2 Å². The van der Waals surface area contributed by atoms with Crippen LogP contribution in [0.25, 0.3) is 0 Å². The van der Waals surface area contributed by atoms with Crippen LogP contribution in [-0.2, 0) is 0 Å². The molecule has 4 N–H and O–H groups in total. The van der Waals surface area contributed by atoms with Gasteiger partial charge in [-0.3, -0.25) is 4.79 Å². The molecule has 0 bridgehead atoms. The molecule has 1 amide bonds. The van der Waals surface area contributed by atoms with Crippen LogP contribution in [0.1, 0.15) is 49.7 Å². The number of nitrogens with one attached hydrogen (secondary N) is 2. The SMILES string of the molecule is CCCNc1nc(N)c(C(=O)NC(C)(C)C2CC2)s1. The Balaban J connectivity index is 2.04. The normalized spacial score (nSPS) is 15.3. The molecular formula is C13H22N4OS. The first-order chi connectivity index (χ1) is 8.94. The van der Waals surface area contributed by atoms with Crippen LogP contribution in [0.3, 0.4) is 0 Å². The van der Waals surface area contributed by atoms with Crippen LogP contribution in [0, 0.1) is 5.92 Å². The van der Waals surface area contributed by atoms with E-state index in [-0.39, 0.29) is 11.4 Å². The maximum Gasteiger partial charge on any atom is 0.265 e. The van der Waals surface area contributed by atoms with Crippen molar-refractivity contribution in [1.29, 1.82) is 0 Å². The van der Waals surface area contributed by atoms with Crippen LogP contribution >= 0.6 is 11.3 Å². The molecule has 1 heterocycles. The van der Waals surface area contributed by atoms with Gasteiger partial charge >= 0.3 is 0 Å². The minimum Gasteiger partial charge on any atom is -0.382 e. The second kappa shape index (κ2) is 5.36. The second-order valence-electron chi connectivity index (χ2n) is 5.61. The lowest BCUT2D eigenvalue weighted by Crippen LogP contribution is -2.45. The Morgan fingerprint density at radius 1 is 1.53 bits per heavy atom. The lowest BCUT2D eigenvalue weighted by Gasteiger charge is -2.25. The third kappa shape index (κ3) is 3.37. The quantitative estimate of drug-likeness (QED) is 0.749. The van der Waals surface area contributed by atoms with Crippen molar-refractivity contribution in [3.63, 3.8) is 0 Å². The minimum absolute atomic E-state index is 0.114. The van der Waals surface area contributed by atoms with E-state index in [9.17, 15) is 4.79 Å². The van der Waals surface area contributed by atoms with E-state index in [0.29, 0.717) is 21.7 Å². The van der Waals surface area contributed by atoms with Crippen molar-refractivity contribution in [2.45, 2.75) is 45.6 Å². The Bertz CT molecular complexity index is 465. The molecule has 0 saturated heterocycles. The number of anilines is 2. The summed E-state index contributed by atoms with van der Waals surface area (Å²) in [6.07, 6.45) is 3.39. The van der Waals surface area contributed by atoms with Crippen LogP contribution < -0.4 is 16.4 Å². The summed E-state index contributed by atoms with van der Waals surface area (Å²) in [5, 5.41) is 6.94. The highest BCUT2D eigenvalue weighted by atomic mass is 32.1. The molecule has 0 aromatic carbocycles. The molecule has 1 saturated carbocycles. The van der Waals surface area contributed by atoms with Gasteiger partial charge < -0.3 is 16.4 Å². The first-order valence-corrected chi connectivity index (χ1v) is 7.58. The smallest absolute Gasteiger partial charge is 0.265 e. The van der Waals surface area contributed by atoms with Gasteiger partial charge in [-0.25, -0.2) is 4.98 Å². The number of thiazole rings is 1. The summed E-state index contributed by atoms with van der Waals surface area (Å²) >= 11 is 1.32. The van der Waals surface area contributed by atoms with Crippen molar-refractivity contribution >= 4 is 28.2 Å². The van der Waals surface area contributed by atoms with Gasteiger partial charge in [0.25, 0.3) is 5.91 Å². The molecule has 1 aromatic rings. The zero-order chi connectivity index (χ0) is 14.0. The number of nitrogens with zero attached hydrogens (tertiary/aromatic N) is 1. The maximum absolute atomic E-state index is 12.3. The lowest BCUT2D eigenvalue weighted by molar-refractivity contribution is 0.0908. The van der Waals surface area contributed by atoms with Gasteiger partial charge in [0, 0.05) is 12.1 Å². The summed E-state index contributed by atoms with van der Waals surface area (Å²) in [6.45, 7) is 7.05. The Hall–Kier alpha value is -1.30. The fourth-order valence-electron chi connectivity index (χ4n) is 2.06. The number of carbonyl (C=O) groups is 1. The van der Waals surface area contributed by atoms with Gasteiger partial charge in [0.05, 0.1) is 0 Å². The molecule has 1 fully saturated rings. The van der Waals surface area contributed by atoms with Gasteiger partial charge in [0.1, 0.15) is 10.7 Å². The van der Waals surface area contributed by atoms with Gasteiger partial charge in [0.2, 0.25) is 0 Å². The summed E-state index contributed by atoms with van der Waals surface area (Å²) in [4.78, 5) is 16.9.